The number of benzene rings is 1. The lowest BCUT2D eigenvalue weighted by Gasteiger charge is -2.26. The van der Waals surface area contributed by atoms with Crippen LogP contribution in [-0.2, 0) is 17.6 Å². The fraction of sp³-hybridized carbons (Fsp3) is 0.278. The van der Waals surface area contributed by atoms with Crippen LogP contribution in [0.5, 0.6) is 0 Å². The molecule has 1 aromatic carbocycles. The van der Waals surface area contributed by atoms with Crippen molar-refractivity contribution < 1.29 is 14.7 Å². The number of carboxylic acids is 1. The summed E-state index contributed by atoms with van der Waals surface area (Å²) in [6, 6.07) is 9.25. The van der Waals surface area contributed by atoms with Crippen molar-refractivity contribution in [3.8, 4) is 0 Å². The molecule has 5 nitrogen and oxygen atoms in total. The molecule has 6 heteroatoms. The van der Waals surface area contributed by atoms with Crippen LogP contribution in [-0.4, -0.2) is 27.5 Å². The minimum Gasteiger partial charge on any atom is -0.479 e. The Bertz CT molecular complexity index is 800. The molecule has 0 bridgehead atoms. The molecule has 0 saturated heterocycles. The fourth-order valence-electron chi connectivity index (χ4n) is 3.25. The molecule has 24 heavy (non-hydrogen) atoms. The summed E-state index contributed by atoms with van der Waals surface area (Å²) in [5, 5.41) is 12.5. The van der Waals surface area contributed by atoms with Gasteiger partial charge in [0.05, 0.1) is 5.56 Å². The van der Waals surface area contributed by atoms with Crippen molar-refractivity contribution in [3.05, 3.63) is 63.4 Å². The third-order valence-corrected chi connectivity index (χ3v) is 4.67. The molecule has 0 unspecified atom stereocenters. The molecule has 3 rings (SSSR count). The van der Waals surface area contributed by atoms with Crippen molar-refractivity contribution >= 4 is 23.5 Å². The highest BCUT2D eigenvalue weighted by atomic mass is 35.5. The summed E-state index contributed by atoms with van der Waals surface area (Å²) < 4.78 is 0. The van der Waals surface area contributed by atoms with Crippen LogP contribution in [0.3, 0.4) is 0 Å². The second kappa shape index (κ2) is 5.91. The van der Waals surface area contributed by atoms with E-state index in [0.29, 0.717) is 11.3 Å². The van der Waals surface area contributed by atoms with Gasteiger partial charge >= 0.3 is 5.97 Å². The number of hydrogen-bond donors (Lipinski definition) is 2. The molecule has 0 atom stereocenters. The first kappa shape index (κ1) is 16.5. The van der Waals surface area contributed by atoms with Gasteiger partial charge in [-0.05, 0) is 36.6 Å². The van der Waals surface area contributed by atoms with E-state index >= 15 is 0 Å². The van der Waals surface area contributed by atoms with Gasteiger partial charge in [-0.3, -0.25) is 4.79 Å². The van der Waals surface area contributed by atoms with Gasteiger partial charge in [0.15, 0.2) is 0 Å². The van der Waals surface area contributed by atoms with Crippen molar-refractivity contribution in [2.45, 2.75) is 32.2 Å². The zero-order chi connectivity index (χ0) is 17.5. The van der Waals surface area contributed by atoms with E-state index in [1.807, 2.05) is 24.3 Å². The van der Waals surface area contributed by atoms with Crippen molar-refractivity contribution in [1.29, 1.82) is 0 Å². The number of fused-ring (bicyclic) bond motifs is 1. The van der Waals surface area contributed by atoms with Gasteiger partial charge in [-0.2, -0.15) is 0 Å². The van der Waals surface area contributed by atoms with Gasteiger partial charge < -0.3 is 10.4 Å². The van der Waals surface area contributed by atoms with E-state index in [2.05, 4.69) is 10.3 Å². The zero-order valence-electron chi connectivity index (χ0n) is 13.4. The van der Waals surface area contributed by atoms with Crippen molar-refractivity contribution in [3.63, 3.8) is 0 Å². The van der Waals surface area contributed by atoms with E-state index in [4.69, 9.17) is 11.6 Å². The van der Waals surface area contributed by atoms with E-state index in [9.17, 15) is 14.7 Å². The molecule has 0 radical (unpaired) electrons. The van der Waals surface area contributed by atoms with Gasteiger partial charge in [0.1, 0.15) is 10.7 Å². The van der Waals surface area contributed by atoms with Crippen LogP contribution < -0.4 is 5.32 Å². The van der Waals surface area contributed by atoms with Gasteiger partial charge in [0.25, 0.3) is 5.91 Å². The number of aromatic nitrogens is 1. The number of hydrogen-bond acceptors (Lipinski definition) is 3. The Hall–Kier alpha value is -2.40. The van der Waals surface area contributed by atoms with Crippen LogP contribution in [0.15, 0.2) is 30.3 Å². The summed E-state index contributed by atoms with van der Waals surface area (Å²) in [6.07, 6.45) is 0.500. The third kappa shape index (κ3) is 2.76. The topological polar surface area (TPSA) is 79.3 Å². The molecule has 0 saturated carbocycles. The monoisotopic (exact) mass is 344 g/mol. The second-order valence-electron chi connectivity index (χ2n) is 6.21. The SMILES string of the molecule is Cc1cc(C)c(C(=O)NC2(C(=O)O)Cc3ccccc3C2)c(Cl)n1. The molecule has 2 aromatic rings. The Labute approximate surface area is 144 Å². The summed E-state index contributed by atoms with van der Waals surface area (Å²) in [7, 11) is 0. The normalized spacial score (nSPS) is 15.0. The lowest BCUT2D eigenvalue weighted by molar-refractivity contribution is -0.144. The second-order valence-corrected chi connectivity index (χ2v) is 6.57. The number of aliphatic carboxylic acids is 1. The van der Waals surface area contributed by atoms with Crippen LogP contribution in [0.4, 0.5) is 0 Å². The Morgan fingerprint density at radius 1 is 1.21 bits per heavy atom. The first-order valence-corrected chi connectivity index (χ1v) is 7.96. The summed E-state index contributed by atoms with van der Waals surface area (Å²) in [5.74, 6) is -1.57. The Balaban J connectivity index is 1.94. The molecule has 0 spiro atoms. The highest BCUT2D eigenvalue weighted by molar-refractivity contribution is 6.33. The lowest BCUT2D eigenvalue weighted by atomic mass is 9.95. The molecule has 0 fully saturated rings. The van der Waals surface area contributed by atoms with Gasteiger partial charge in [-0.15, -0.1) is 0 Å². The summed E-state index contributed by atoms with van der Waals surface area (Å²) in [4.78, 5) is 28.7. The van der Waals surface area contributed by atoms with Gasteiger partial charge in [0, 0.05) is 18.5 Å². The molecule has 2 N–H and O–H groups in total. The Morgan fingerprint density at radius 2 is 1.79 bits per heavy atom. The molecule has 1 aliphatic rings. The van der Waals surface area contributed by atoms with Crippen LogP contribution in [0.1, 0.15) is 32.7 Å². The largest absolute Gasteiger partial charge is 0.479 e. The van der Waals surface area contributed by atoms with E-state index in [1.54, 1.807) is 19.9 Å². The number of amides is 1. The van der Waals surface area contributed by atoms with E-state index in [0.717, 1.165) is 11.1 Å². The van der Waals surface area contributed by atoms with Gasteiger partial charge in [0.2, 0.25) is 0 Å². The minimum absolute atomic E-state index is 0.0843. The molecular weight excluding hydrogens is 328 g/mol. The zero-order valence-corrected chi connectivity index (χ0v) is 14.1. The van der Waals surface area contributed by atoms with E-state index < -0.39 is 17.4 Å². The number of carbonyl (C=O) groups is 2. The standard InChI is InChI=1S/C18H17ClN2O3/c1-10-7-11(2)20-15(19)14(10)16(22)21-18(17(23)24)8-12-5-3-4-6-13(12)9-18/h3-7H,8-9H2,1-2H3,(H,21,22)(H,23,24). The average Bonchev–Trinajstić information content (AvgIpc) is 2.85. The maximum absolute atomic E-state index is 12.7. The maximum Gasteiger partial charge on any atom is 0.330 e. The smallest absolute Gasteiger partial charge is 0.330 e. The maximum atomic E-state index is 12.7. The predicted octanol–water partition coefficient (Wildman–Crippen LogP) is 2.70. The van der Waals surface area contributed by atoms with Crippen LogP contribution in [0, 0.1) is 13.8 Å². The number of rotatable bonds is 3. The van der Waals surface area contributed by atoms with Crippen LogP contribution in [0.2, 0.25) is 5.15 Å². The van der Waals surface area contributed by atoms with Crippen LogP contribution >= 0.6 is 11.6 Å². The number of nitrogens with zero attached hydrogens (tertiary/aromatic N) is 1. The van der Waals surface area contributed by atoms with Gasteiger partial charge in [-0.1, -0.05) is 35.9 Å². The molecule has 1 heterocycles. The number of carbonyl (C=O) groups excluding carboxylic acids is 1. The molecule has 1 amide bonds. The highest BCUT2D eigenvalue weighted by Gasteiger charge is 2.45. The summed E-state index contributed by atoms with van der Waals surface area (Å²) in [6.45, 7) is 3.54. The minimum atomic E-state index is -1.36. The predicted molar refractivity (Wildman–Crippen MR) is 90.4 cm³/mol. The molecule has 1 aromatic heterocycles. The van der Waals surface area contributed by atoms with E-state index in [1.165, 1.54) is 0 Å². The van der Waals surface area contributed by atoms with Crippen molar-refractivity contribution in [2.24, 2.45) is 0 Å². The quantitative estimate of drug-likeness (QED) is 0.839. The van der Waals surface area contributed by atoms with Gasteiger partial charge in [-0.25, -0.2) is 9.78 Å². The van der Waals surface area contributed by atoms with Crippen LogP contribution in [0.25, 0.3) is 0 Å². The number of carboxylic acid groups (broad SMARTS) is 1. The first-order valence-electron chi connectivity index (χ1n) is 7.59. The lowest BCUT2D eigenvalue weighted by Crippen LogP contribution is -2.55. The Morgan fingerprint density at radius 3 is 2.29 bits per heavy atom. The number of aryl methyl sites for hydroxylation is 2. The molecule has 124 valence electrons. The molecule has 0 aliphatic heterocycles. The number of nitrogens with one attached hydrogen (secondary N) is 1. The molecule has 1 aliphatic carbocycles. The van der Waals surface area contributed by atoms with Crippen molar-refractivity contribution in [1.82, 2.24) is 10.3 Å². The third-order valence-electron chi connectivity index (χ3n) is 4.39. The number of pyridine rings is 1. The van der Waals surface area contributed by atoms with Crippen molar-refractivity contribution in [2.75, 3.05) is 0 Å². The molecular formula is C18H17ClN2O3. The fourth-order valence-corrected chi connectivity index (χ4v) is 3.62. The Kier molecular flexibility index (Phi) is 4.05. The first-order chi connectivity index (χ1) is 11.3. The van der Waals surface area contributed by atoms with E-state index in [-0.39, 0.29) is 23.6 Å². The highest BCUT2D eigenvalue weighted by Crippen LogP contribution is 2.31. The summed E-state index contributed by atoms with van der Waals surface area (Å²) >= 11 is 6.11. The number of halogens is 1. The summed E-state index contributed by atoms with van der Waals surface area (Å²) in [5.41, 5.74) is 2.10. The average molecular weight is 345 g/mol.